The predicted octanol–water partition coefficient (Wildman–Crippen LogP) is 2.66. The molecule has 0 aliphatic heterocycles. The Kier molecular flexibility index (Phi) is 5.86. The van der Waals surface area contributed by atoms with Crippen molar-refractivity contribution in [3.8, 4) is 0 Å². The zero-order valence-corrected chi connectivity index (χ0v) is 14.5. The highest BCUT2D eigenvalue weighted by molar-refractivity contribution is 7.90. The van der Waals surface area contributed by atoms with Gasteiger partial charge < -0.3 is 10.6 Å². The van der Waals surface area contributed by atoms with Crippen molar-refractivity contribution in [1.82, 2.24) is 5.32 Å². The van der Waals surface area contributed by atoms with Crippen LogP contribution in [0.25, 0.3) is 0 Å². The highest BCUT2D eigenvalue weighted by atomic mass is 32.2. The summed E-state index contributed by atoms with van der Waals surface area (Å²) >= 11 is 0. The van der Waals surface area contributed by atoms with E-state index in [1.165, 1.54) is 18.2 Å². The van der Waals surface area contributed by atoms with Crippen molar-refractivity contribution in [2.75, 3.05) is 18.1 Å². The molecule has 0 unspecified atom stereocenters. The van der Waals surface area contributed by atoms with Crippen LogP contribution in [0.3, 0.4) is 0 Å². The minimum Gasteiger partial charge on any atom is -0.324 e. The second-order valence-electron chi connectivity index (χ2n) is 5.59. The maximum atomic E-state index is 13.2. The largest absolute Gasteiger partial charge is 0.324 e. The molecule has 1 atom stereocenters. The van der Waals surface area contributed by atoms with Crippen molar-refractivity contribution in [1.29, 1.82) is 0 Å². The number of benzene rings is 2. The number of anilines is 1. The number of rotatable bonds is 6. The molecule has 1 amide bonds. The average molecular weight is 368 g/mol. The fourth-order valence-corrected chi connectivity index (χ4v) is 3.08. The summed E-state index contributed by atoms with van der Waals surface area (Å²) in [5.74, 6) is -2.35. The number of para-hydroxylation sites is 1. The van der Waals surface area contributed by atoms with Gasteiger partial charge >= 0.3 is 0 Å². The predicted molar refractivity (Wildman–Crippen MR) is 91.0 cm³/mol. The first kappa shape index (κ1) is 19.0. The summed E-state index contributed by atoms with van der Waals surface area (Å²) in [7, 11) is -3.47. The molecule has 0 aromatic heterocycles. The van der Waals surface area contributed by atoms with Gasteiger partial charge in [0, 0.05) is 12.3 Å². The maximum absolute atomic E-state index is 13.2. The van der Waals surface area contributed by atoms with Gasteiger partial charge in [0.15, 0.2) is 21.5 Å². The third kappa shape index (κ3) is 5.07. The minimum absolute atomic E-state index is 0.0250. The van der Waals surface area contributed by atoms with E-state index in [4.69, 9.17) is 0 Å². The summed E-state index contributed by atoms with van der Waals surface area (Å²) in [6, 6.07) is 9.18. The molecule has 2 N–H and O–H groups in total. The molecule has 0 bridgehead atoms. The zero-order valence-electron chi connectivity index (χ0n) is 13.7. The maximum Gasteiger partial charge on any atom is 0.238 e. The van der Waals surface area contributed by atoms with Crippen LogP contribution in [0.5, 0.6) is 0 Å². The second-order valence-corrected chi connectivity index (χ2v) is 7.58. The van der Waals surface area contributed by atoms with E-state index in [-0.39, 0.29) is 17.1 Å². The van der Waals surface area contributed by atoms with E-state index in [9.17, 15) is 22.0 Å². The summed E-state index contributed by atoms with van der Waals surface area (Å²) in [5.41, 5.74) is 0.681. The van der Waals surface area contributed by atoms with E-state index >= 15 is 0 Å². The molecule has 134 valence electrons. The Labute approximate surface area is 145 Å². The molecule has 5 nitrogen and oxygen atoms in total. The van der Waals surface area contributed by atoms with Gasteiger partial charge in [0.1, 0.15) is 0 Å². The number of carbonyl (C=O) groups excluding carboxylic acids is 1. The van der Waals surface area contributed by atoms with E-state index in [1.807, 2.05) is 0 Å². The van der Waals surface area contributed by atoms with E-state index in [0.717, 1.165) is 18.4 Å². The number of carbonyl (C=O) groups is 1. The zero-order chi connectivity index (χ0) is 18.6. The van der Waals surface area contributed by atoms with Crippen LogP contribution < -0.4 is 10.6 Å². The molecular formula is C17H18F2N2O3S. The highest BCUT2D eigenvalue weighted by Crippen LogP contribution is 2.20. The van der Waals surface area contributed by atoms with E-state index in [1.54, 1.807) is 19.1 Å². The van der Waals surface area contributed by atoms with Crippen molar-refractivity contribution in [3.05, 3.63) is 59.7 Å². The number of hydrogen-bond acceptors (Lipinski definition) is 4. The fourth-order valence-electron chi connectivity index (χ4n) is 2.23. The Morgan fingerprint density at radius 3 is 2.44 bits per heavy atom. The molecule has 0 aliphatic rings. The normalized spacial score (nSPS) is 12.6. The van der Waals surface area contributed by atoms with Crippen LogP contribution in [0, 0.1) is 11.6 Å². The van der Waals surface area contributed by atoms with Crippen molar-refractivity contribution in [2.45, 2.75) is 17.9 Å². The van der Waals surface area contributed by atoms with Crippen LogP contribution in [0.1, 0.15) is 18.5 Å². The number of nitrogens with one attached hydrogen (secondary N) is 2. The average Bonchev–Trinajstić information content (AvgIpc) is 2.54. The lowest BCUT2D eigenvalue weighted by atomic mass is 10.1. The Morgan fingerprint density at radius 1 is 1.12 bits per heavy atom. The Morgan fingerprint density at radius 2 is 1.80 bits per heavy atom. The molecule has 0 radical (unpaired) electrons. The highest BCUT2D eigenvalue weighted by Gasteiger charge is 2.15. The first-order chi connectivity index (χ1) is 11.7. The monoisotopic (exact) mass is 368 g/mol. The summed E-state index contributed by atoms with van der Waals surface area (Å²) < 4.78 is 49.6. The van der Waals surface area contributed by atoms with Gasteiger partial charge in [-0.05, 0) is 36.8 Å². The first-order valence-corrected chi connectivity index (χ1v) is 9.35. The first-order valence-electron chi connectivity index (χ1n) is 7.45. The summed E-state index contributed by atoms with van der Waals surface area (Å²) in [6.45, 7) is 1.57. The van der Waals surface area contributed by atoms with Crippen molar-refractivity contribution in [3.63, 3.8) is 0 Å². The summed E-state index contributed by atoms with van der Waals surface area (Å²) in [4.78, 5) is 12.1. The third-order valence-corrected chi connectivity index (χ3v) is 4.73. The van der Waals surface area contributed by atoms with E-state index in [0.29, 0.717) is 5.56 Å². The van der Waals surface area contributed by atoms with Gasteiger partial charge in [-0.2, -0.15) is 0 Å². The van der Waals surface area contributed by atoms with Crippen LogP contribution in [0.15, 0.2) is 47.4 Å². The molecule has 25 heavy (non-hydrogen) atoms. The van der Waals surface area contributed by atoms with Crippen LogP contribution in [0.4, 0.5) is 14.5 Å². The molecule has 0 fully saturated rings. The lowest BCUT2D eigenvalue weighted by molar-refractivity contribution is -0.115. The molecule has 2 aromatic carbocycles. The lowest BCUT2D eigenvalue weighted by Crippen LogP contribution is -2.30. The fraction of sp³-hybridized carbons (Fsp3) is 0.235. The van der Waals surface area contributed by atoms with Gasteiger partial charge in [0.05, 0.1) is 17.1 Å². The molecule has 0 aliphatic carbocycles. The molecule has 0 spiro atoms. The Hall–Kier alpha value is -2.32. The number of amides is 1. The number of hydrogen-bond donors (Lipinski definition) is 2. The summed E-state index contributed by atoms with van der Waals surface area (Å²) in [5, 5.41) is 5.40. The molecule has 8 heteroatoms. The molecular weight excluding hydrogens is 350 g/mol. The van der Waals surface area contributed by atoms with Gasteiger partial charge in [0.25, 0.3) is 0 Å². The molecule has 0 heterocycles. The van der Waals surface area contributed by atoms with Gasteiger partial charge in [-0.3, -0.25) is 4.79 Å². The Bertz CT molecular complexity index is 885. The molecule has 0 saturated heterocycles. The number of sulfone groups is 1. The van der Waals surface area contributed by atoms with E-state index < -0.39 is 33.4 Å². The van der Waals surface area contributed by atoms with E-state index in [2.05, 4.69) is 10.6 Å². The molecule has 0 saturated carbocycles. The number of halogens is 2. The molecule has 2 aromatic rings. The van der Waals surface area contributed by atoms with Gasteiger partial charge in [-0.25, -0.2) is 17.2 Å². The summed E-state index contributed by atoms with van der Waals surface area (Å²) in [6.07, 6.45) is 1.06. The minimum atomic E-state index is -3.47. The van der Waals surface area contributed by atoms with Crippen LogP contribution in [-0.2, 0) is 14.6 Å². The SMILES string of the molecule is C[C@@H](NCC(=O)Nc1ccccc1S(C)(=O)=O)c1ccc(F)c(F)c1. The van der Waals surface area contributed by atoms with Crippen molar-refractivity contribution < 1.29 is 22.0 Å². The Balaban J connectivity index is 2.01. The van der Waals surface area contributed by atoms with Crippen molar-refractivity contribution >= 4 is 21.4 Å². The quantitative estimate of drug-likeness (QED) is 0.822. The standard InChI is InChI=1S/C17H18F2N2O3S/c1-11(12-7-8-13(18)14(19)9-12)20-10-17(22)21-15-5-3-4-6-16(15)25(2,23)24/h3-9,11,20H,10H2,1-2H3,(H,21,22)/t11-/m1/s1. The van der Waals surface area contributed by atoms with Crippen LogP contribution >= 0.6 is 0 Å². The van der Waals surface area contributed by atoms with Crippen molar-refractivity contribution in [2.24, 2.45) is 0 Å². The van der Waals surface area contributed by atoms with Gasteiger partial charge in [-0.15, -0.1) is 0 Å². The third-order valence-electron chi connectivity index (χ3n) is 3.57. The van der Waals surface area contributed by atoms with Crippen LogP contribution in [-0.4, -0.2) is 27.1 Å². The smallest absolute Gasteiger partial charge is 0.238 e. The second kappa shape index (κ2) is 7.71. The molecule has 2 rings (SSSR count). The lowest BCUT2D eigenvalue weighted by Gasteiger charge is -2.15. The topological polar surface area (TPSA) is 75.3 Å². The van der Waals surface area contributed by atoms with Gasteiger partial charge in [-0.1, -0.05) is 18.2 Å². The van der Waals surface area contributed by atoms with Crippen LogP contribution in [0.2, 0.25) is 0 Å². The van der Waals surface area contributed by atoms with Gasteiger partial charge in [0.2, 0.25) is 5.91 Å².